The third kappa shape index (κ3) is 3.35. The molecule has 1 N–H and O–H groups in total. The largest absolute Gasteiger partial charge is 0.374 e. The zero-order chi connectivity index (χ0) is 10.3. The topological polar surface area (TPSA) is 37.3 Å². The maximum atomic E-state index is 4.45. The Morgan fingerprint density at radius 3 is 3.07 bits per heavy atom. The molecule has 0 saturated carbocycles. The fourth-order valence-electron chi connectivity index (χ4n) is 1.74. The van der Waals surface area contributed by atoms with Crippen molar-refractivity contribution in [2.45, 2.75) is 25.7 Å². The average molecular weight is 203 g/mol. The van der Waals surface area contributed by atoms with E-state index in [1.54, 1.807) is 0 Å². The molecule has 1 aliphatic heterocycles. The van der Waals surface area contributed by atoms with E-state index in [1.165, 1.54) is 24.2 Å². The van der Waals surface area contributed by atoms with Crippen LogP contribution in [0.25, 0.3) is 0 Å². The number of hydrogen-bond acceptors (Lipinski definition) is 3. The smallest absolute Gasteiger partial charge is 0.0963 e. The molecule has 2 rings (SSSR count). The second-order valence-electron chi connectivity index (χ2n) is 3.82. The normalized spacial score (nSPS) is 15.9. The van der Waals surface area contributed by atoms with Gasteiger partial charge in [0.05, 0.1) is 5.84 Å². The highest BCUT2D eigenvalue weighted by atomic mass is 15.0. The van der Waals surface area contributed by atoms with Crippen LogP contribution in [-0.2, 0) is 6.42 Å². The van der Waals surface area contributed by atoms with Gasteiger partial charge in [-0.3, -0.25) is 9.98 Å². The van der Waals surface area contributed by atoms with Gasteiger partial charge in [0.2, 0.25) is 0 Å². The van der Waals surface area contributed by atoms with Crippen LogP contribution in [0.15, 0.2) is 29.5 Å². The van der Waals surface area contributed by atoms with Crippen molar-refractivity contribution in [1.29, 1.82) is 0 Å². The molecule has 1 aromatic rings. The second kappa shape index (κ2) is 5.49. The van der Waals surface area contributed by atoms with Crippen molar-refractivity contribution in [3.8, 4) is 0 Å². The van der Waals surface area contributed by atoms with E-state index in [0.717, 1.165) is 25.9 Å². The number of nitrogens with zero attached hydrogens (tertiary/aromatic N) is 2. The molecule has 0 fully saturated rings. The van der Waals surface area contributed by atoms with Gasteiger partial charge in [-0.1, -0.05) is 6.07 Å². The van der Waals surface area contributed by atoms with Crippen LogP contribution in [-0.4, -0.2) is 23.9 Å². The second-order valence-corrected chi connectivity index (χ2v) is 3.82. The number of amidine groups is 1. The fourth-order valence-corrected chi connectivity index (χ4v) is 1.74. The highest BCUT2D eigenvalue weighted by Gasteiger charge is 2.03. The third-order valence-electron chi connectivity index (χ3n) is 2.59. The van der Waals surface area contributed by atoms with Gasteiger partial charge in [0, 0.05) is 31.9 Å². The van der Waals surface area contributed by atoms with Crippen LogP contribution in [0.4, 0.5) is 0 Å². The molecule has 0 radical (unpaired) electrons. The van der Waals surface area contributed by atoms with Crippen molar-refractivity contribution in [2.24, 2.45) is 4.99 Å². The summed E-state index contributed by atoms with van der Waals surface area (Å²) in [7, 11) is 0. The summed E-state index contributed by atoms with van der Waals surface area (Å²) < 4.78 is 0. The summed E-state index contributed by atoms with van der Waals surface area (Å²) in [6, 6.07) is 4.09. The molecule has 0 aliphatic carbocycles. The summed E-state index contributed by atoms with van der Waals surface area (Å²) in [5, 5.41) is 3.39. The highest BCUT2D eigenvalue weighted by molar-refractivity contribution is 5.82. The number of pyridine rings is 1. The summed E-state index contributed by atoms with van der Waals surface area (Å²) in [4.78, 5) is 8.54. The van der Waals surface area contributed by atoms with E-state index in [1.807, 2.05) is 18.5 Å². The van der Waals surface area contributed by atoms with Gasteiger partial charge >= 0.3 is 0 Å². The van der Waals surface area contributed by atoms with Crippen LogP contribution >= 0.6 is 0 Å². The Morgan fingerprint density at radius 1 is 1.33 bits per heavy atom. The van der Waals surface area contributed by atoms with Crippen LogP contribution in [0, 0.1) is 0 Å². The molecule has 1 aromatic heterocycles. The zero-order valence-corrected chi connectivity index (χ0v) is 8.95. The predicted octanol–water partition coefficient (Wildman–Crippen LogP) is 1.80. The first-order valence-electron chi connectivity index (χ1n) is 5.61. The first-order valence-corrected chi connectivity index (χ1v) is 5.61. The van der Waals surface area contributed by atoms with Crippen molar-refractivity contribution in [3.63, 3.8) is 0 Å². The van der Waals surface area contributed by atoms with Crippen molar-refractivity contribution >= 4 is 5.84 Å². The molecule has 0 aromatic carbocycles. The molecule has 0 bridgehead atoms. The maximum Gasteiger partial charge on any atom is 0.0963 e. The number of hydrogen-bond donors (Lipinski definition) is 1. The first-order chi connectivity index (χ1) is 7.45. The lowest BCUT2D eigenvalue weighted by Crippen LogP contribution is -2.27. The van der Waals surface area contributed by atoms with Gasteiger partial charge in [0.25, 0.3) is 0 Å². The zero-order valence-electron chi connectivity index (χ0n) is 8.95. The van der Waals surface area contributed by atoms with Crippen LogP contribution in [0.5, 0.6) is 0 Å². The molecule has 3 heteroatoms. The Bertz CT molecular complexity index is 319. The van der Waals surface area contributed by atoms with E-state index in [0.29, 0.717) is 0 Å². The van der Waals surface area contributed by atoms with Crippen molar-refractivity contribution < 1.29 is 0 Å². The monoisotopic (exact) mass is 203 g/mol. The summed E-state index contributed by atoms with van der Waals surface area (Å²) >= 11 is 0. The molecular weight excluding hydrogens is 186 g/mol. The van der Waals surface area contributed by atoms with Crippen LogP contribution in [0.3, 0.4) is 0 Å². The molecule has 0 spiro atoms. The van der Waals surface area contributed by atoms with Crippen molar-refractivity contribution in [3.05, 3.63) is 30.1 Å². The molecule has 0 unspecified atom stereocenters. The SMILES string of the molecule is c1cncc(CCNC2=NCCCC2)c1. The van der Waals surface area contributed by atoms with E-state index in [4.69, 9.17) is 0 Å². The van der Waals surface area contributed by atoms with Crippen molar-refractivity contribution in [1.82, 2.24) is 10.3 Å². The Morgan fingerprint density at radius 2 is 2.33 bits per heavy atom. The molecule has 0 atom stereocenters. The number of aliphatic imine (C=N–C) groups is 1. The lowest BCUT2D eigenvalue weighted by atomic mass is 10.1. The molecule has 3 nitrogen and oxygen atoms in total. The average Bonchev–Trinajstić information content (AvgIpc) is 2.32. The van der Waals surface area contributed by atoms with Crippen LogP contribution in [0.1, 0.15) is 24.8 Å². The van der Waals surface area contributed by atoms with E-state index in [2.05, 4.69) is 21.4 Å². The standard InChI is InChI=1S/C12H17N3/c1-2-8-14-12(5-1)15-9-6-11-4-3-7-13-10-11/h3-4,7,10H,1-2,5-6,8-9H2,(H,14,15). The molecule has 0 amide bonds. The van der Waals surface area contributed by atoms with Crippen molar-refractivity contribution in [2.75, 3.05) is 13.1 Å². The Labute approximate surface area is 90.6 Å². The van der Waals surface area contributed by atoms with Crippen LogP contribution in [0.2, 0.25) is 0 Å². The van der Waals surface area contributed by atoms with Crippen LogP contribution < -0.4 is 5.32 Å². The van der Waals surface area contributed by atoms with Gasteiger partial charge in [-0.25, -0.2) is 0 Å². The molecular formula is C12H17N3. The van der Waals surface area contributed by atoms with Gasteiger partial charge in [0.15, 0.2) is 0 Å². The molecule has 15 heavy (non-hydrogen) atoms. The highest BCUT2D eigenvalue weighted by Crippen LogP contribution is 2.04. The molecule has 80 valence electrons. The number of rotatable bonds is 3. The van der Waals surface area contributed by atoms with E-state index in [9.17, 15) is 0 Å². The fraction of sp³-hybridized carbons (Fsp3) is 0.500. The minimum atomic E-state index is 0.963. The molecule has 0 saturated heterocycles. The summed E-state index contributed by atoms with van der Waals surface area (Å²) in [5.74, 6) is 1.19. The Hall–Kier alpha value is -1.38. The summed E-state index contributed by atoms with van der Waals surface area (Å²) in [5.41, 5.74) is 1.28. The predicted molar refractivity (Wildman–Crippen MR) is 62.1 cm³/mol. The third-order valence-corrected chi connectivity index (χ3v) is 2.59. The van der Waals surface area contributed by atoms with Gasteiger partial charge in [-0.05, 0) is 30.9 Å². The number of aromatic nitrogens is 1. The Balaban J connectivity index is 1.73. The van der Waals surface area contributed by atoms with Gasteiger partial charge in [0.1, 0.15) is 0 Å². The summed E-state index contributed by atoms with van der Waals surface area (Å²) in [6.45, 7) is 1.96. The number of nitrogens with one attached hydrogen (secondary N) is 1. The van der Waals surface area contributed by atoms with Gasteiger partial charge < -0.3 is 5.32 Å². The maximum absolute atomic E-state index is 4.45. The van der Waals surface area contributed by atoms with Gasteiger partial charge in [-0.2, -0.15) is 0 Å². The minimum Gasteiger partial charge on any atom is -0.374 e. The lowest BCUT2D eigenvalue weighted by Gasteiger charge is -2.13. The van der Waals surface area contributed by atoms with E-state index >= 15 is 0 Å². The van der Waals surface area contributed by atoms with E-state index < -0.39 is 0 Å². The molecule has 1 aliphatic rings. The minimum absolute atomic E-state index is 0.963. The van der Waals surface area contributed by atoms with Gasteiger partial charge in [-0.15, -0.1) is 0 Å². The summed E-state index contributed by atoms with van der Waals surface area (Å²) in [6.07, 6.45) is 8.39. The van der Waals surface area contributed by atoms with E-state index in [-0.39, 0.29) is 0 Å². The Kier molecular flexibility index (Phi) is 3.71. The molecule has 2 heterocycles. The lowest BCUT2D eigenvalue weighted by molar-refractivity contribution is 0.704. The first kappa shape index (κ1) is 10.1. The quantitative estimate of drug-likeness (QED) is 0.813.